The Hall–Kier alpha value is -1.56. The maximum atomic E-state index is 5.36. The first-order valence-electron chi connectivity index (χ1n) is 8.48. The summed E-state index contributed by atoms with van der Waals surface area (Å²) in [6.07, 6.45) is 5.91. The van der Waals surface area contributed by atoms with Crippen molar-refractivity contribution in [2.24, 2.45) is 4.99 Å². The molecule has 0 spiro atoms. The summed E-state index contributed by atoms with van der Waals surface area (Å²) in [6.45, 7) is 3.55. The average Bonchev–Trinajstić information content (AvgIpc) is 3.07. The number of aliphatic imine (C=N–C) groups is 1. The van der Waals surface area contributed by atoms with Crippen molar-refractivity contribution < 1.29 is 9.47 Å². The van der Waals surface area contributed by atoms with Crippen molar-refractivity contribution in [3.05, 3.63) is 23.8 Å². The van der Waals surface area contributed by atoms with Crippen LogP contribution in [0.5, 0.6) is 11.5 Å². The molecule has 0 aliphatic heterocycles. The number of nitrogens with zero attached hydrogens (tertiary/aromatic N) is 1. The van der Waals surface area contributed by atoms with Crippen molar-refractivity contribution in [1.29, 1.82) is 0 Å². The van der Waals surface area contributed by atoms with Crippen LogP contribution in [0.2, 0.25) is 0 Å². The highest BCUT2D eigenvalue weighted by Gasteiger charge is 2.24. The van der Waals surface area contributed by atoms with E-state index in [4.69, 9.17) is 14.5 Å². The van der Waals surface area contributed by atoms with Crippen LogP contribution in [0.4, 0.5) is 0 Å². The summed E-state index contributed by atoms with van der Waals surface area (Å²) in [6, 6.07) is 6.44. The van der Waals surface area contributed by atoms with Crippen molar-refractivity contribution in [3.63, 3.8) is 0 Å². The van der Waals surface area contributed by atoms with Crippen LogP contribution in [0.25, 0.3) is 0 Å². The minimum atomic E-state index is 0.519. The molecule has 0 saturated heterocycles. The van der Waals surface area contributed by atoms with Crippen molar-refractivity contribution in [2.45, 2.75) is 44.0 Å². The van der Waals surface area contributed by atoms with Crippen LogP contribution in [0, 0.1) is 0 Å². The number of methoxy groups -OCH3 is 2. The third-order valence-electron chi connectivity index (χ3n) is 4.27. The minimum Gasteiger partial charge on any atom is -0.493 e. The minimum absolute atomic E-state index is 0.519. The summed E-state index contributed by atoms with van der Waals surface area (Å²) >= 11 is 1.97. The van der Waals surface area contributed by atoms with Crippen LogP contribution in [-0.4, -0.2) is 44.3 Å². The highest BCUT2D eigenvalue weighted by Crippen LogP contribution is 2.29. The maximum Gasteiger partial charge on any atom is 0.191 e. The van der Waals surface area contributed by atoms with Gasteiger partial charge < -0.3 is 20.1 Å². The normalized spacial score (nSPS) is 20.8. The van der Waals surface area contributed by atoms with E-state index in [1.807, 2.05) is 30.0 Å². The first-order valence-corrected chi connectivity index (χ1v) is 9.77. The van der Waals surface area contributed by atoms with Crippen molar-refractivity contribution in [1.82, 2.24) is 10.6 Å². The van der Waals surface area contributed by atoms with Crippen LogP contribution < -0.4 is 20.1 Å². The lowest BCUT2D eigenvalue weighted by Crippen LogP contribution is -2.42. The summed E-state index contributed by atoms with van der Waals surface area (Å²) in [5.74, 6) is 2.37. The van der Waals surface area contributed by atoms with E-state index in [-0.39, 0.29) is 0 Å². The monoisotopic (exact) mass is 351 g/mol. The Morgan fingerprint density at radius 1 is 1.25 bits per heavy atom. The highest BCUT2D eigenvalue weighted by molar-refractivity contribution is 7.99. The zero-order valence-electron chi connectivity index (χ0n) is 15.1. The van der Waals surface area contributed by atoms with E-state index in [1.165, 1.54) is 19.3 Å². The highest BCUT2D eigenvalue weighted by atomic mass is 32.2. The molecule has 2 N–H and O–H groups in total. The standard InChI is InChI=1S/C18H29N3O2S/c1-5-19-18(21-14-7-8-15(11-14)24-4)20-12-13-6-9-16(22-2)17(10-13)23-3/h6,9-10,14-15H,5,7-8,11-12H2,1-4H3,(H2,19,20,21). The van der Waals surface area contributed by atoms with E-state index < -0.39 is 0 Å². The van der Waals surface area contributed by atoms with E-state index in [2.05, 4.69) is 23.8 Å². The summed E-state index contributed by atoms with van der Waals surface area (Å²) in [5.41, 5.74) is 1.10. The molecule has 6 heteroatoms. The van der Waals surface area contributed by atoms with E-state index >= 15 is 0 Å². The van der Waals surface area contributed by atoms with Gasteiger partial charge in [0.05, 0.1) is 20.8 Å². The van der Waals surface area contributed by atoms with Crippen LogP contribution in [-0.2, 0) is 6.54 Å². The van der Waals surface area contributed by atoms with Crippen LogP contribution in [0.15, 0.2) is 23.2 Å². The molecular weight excluding hydrogens is 322 g/mol. The second-order valence-corrected chi connectivity index (χ2v) is 7.03. The van der Waals surface area contributed by atoms with Gasteiger partial charge in [0, 0.05) is 17.8 Å². The van der Waals surface area contributed by atoms with Gasteiger partial charge in [0.2, 0.25) is 0 Å². The van der Waals surface area contributed by atoms with Gasteiger partial charge in [0.25, 0.3) is 0 Å². The number of hydrogen-bond acceptors (Lipinski definition) is 4. The molecule has 2 rings (SSSR count). The molecule has 0 bridgehead atoms. The predicted octanol–water partition coefficient (Wildman–Crippen LogP) is 3.04. The number of hydrogen-bond donors (Lipinski definition) is 2. The molecule has 5 nitrogen and oxygen atoms in total. The lowest BCUT2D eigenvalue weighted by Gasteiger charge is -2.17. The fourth-order valence-corrected chi connectivity index (χ4v) is 3.74. The lowest BCUT2D eigenvalue weighted by molar-refractivity contribution is 0.354. The summed E-state index contributed by atoms with van der Waals surface area (Å²) in [5, 5.41) is 7.69. The molecule has 1 aromatic rings. The van der Waals surface area contributed by atoms with E-state index in [1.54, 1.807) is 14.2 Å². The van der Waals surface area contributed by atoms with Crippen molar-refractivity contribution in [3.8, 4) is 11.5 Å². The van der Waals surface area contributed by atoms with Gasteiger partial charge in [-0.1, -0.05) is 6.07 Å². The number of rotatable bonds is 7. The van der Waals surface area contributed by atoms with Crippen LogP contribution >= 0.6 is 11.8 Å². The summed E-state index contributed by atoms with van der Waals surface area (Å²) < 4.78 is 10.6. The van der Waals surface area contributed by atoms with Crippen LogP contribution in [0.3, 0.4) is 0 Å². The topological polar surface area (TPSA) is 54.9 Å². The first kappa shape index (κ1) is 18.8. The molecule has 1 saturated carbocycles. The van der Waals surface area contributed by atoms with E-state index in [0.717, 1.165) is 34.8 Å². The molecule has 2 unspecified atom stereocenters. The molecule has 134 valence electrons. The van der Waals surface area contributed by atoms with Gasteiger partial charge in [-0.3, -0.25) is 0 Å². The second-order valence-electron chi connectivity index (χ2n) is 5.90. The fraction of sp³-hybridized carbons (Fsp3) is 0.611. The number of thioether (sulfide) groups is 1. The lowest BCUT2D eigenvalue weighted by atomic mass is 10.2. The van der Waals surface area contributed by atoms with Crippen molar-refractivity contribution in [2.75, 3.05) is 27.0 Å². The van der Waals surface area contributed by atoms with E-state index in [9.17, 15) is 0 Å². The third kappa shape index (κ3) is 5.23. The molecule has 1 aliphatic rings. The van der Waals surface area contributed by atoms with Crippen LogP contribution in [0.1, 0.15) is 31.7 Å². The Balaban J connectivity index is 2.00. The number of nitrogens with one attached hydrogen (secondary N) is 2. The molecule has 1 aliphatic carbocycles. The Kier molecular flexibility index (Phi) is 7.56. The van der Waals surface area contributed by atoms with Gasteiger partial charge in [-0.05, 0) is 50.1 Å². The number of benzene rings is 1. The first-order chi connectivity index (χ1) is 11.7. The molecule has 0 heterocycles. The van der Waals surface area contributed by atoms with Gasteiger partial charge in [-0.2, -0.15) is 11.8 Å². The van der Waals surface area contributed by atoms with E-state index in [0.29, 0.717) is 12.6 Å². The third-order valence-corrected chi connectivity index (χ3v) is 5.37. The Bertz CT molecular complexity index is 551. The van der Waals surface area contributed by atoms with Gasteiger partial charge in [0.15, 0.2) is 17.5 Å². The molecule has 1 fully saturated rings. The maximum absolute atomic E-state index is 5.36. The Morgan fingerprint density at radius 3 is 2.67 bits per heavy atom. The largest absolute Gasteiger partial charge is 0.493 e. The van der Waals surface area contributed by atoms with Gasteiger partial charge in [-0.15, -0.1) is 0 Å². The molecule has 1 aromatic carbocycles. The molecular formula is C18H29N3O2S. The second kappa shape index (κ2) is 9.67. The smallest absolute Gasteiger partial charge is 0.191 e. The fourth-order valence-electron chi connectivity index (χ4n) is 2.95. The van der Waals surface area contributed by atoms with Gasteiger partial charge in [-0.25, -0.2) is 4.99 Å². The molecule has 0 amide bonds. The SMILES string of the molecule is CCNC(=NCc1ccc(OC)c(OC)c1)NC1CCC(SC)C1. The number of ether oxygens (including phenoxy) is 2. The summed E-state index contributed by atoms with van der Waals surface area (Å²) in [7, 11) is 3.30. The summed E-state index contributed by atoms with van der Waals surface area (Å²) in [4.78, 5) is 4.72. The molecule has 0 aromatic heterocycles. The quantitative estimate of drug-likeness (QED) is 0.584. The molecule has 2 atom stereocenters. The molecule has 0 radical (unpaired) electrons. The zero-order valence-corrected chi connectivity index (χ0v) is 15.9. The van der Waals surface area contributed by atoms with Gasteiger partial charge in [0.1, 0.15) is 0 Å². The molecule has 24 heavy (non-hydrogen) atoms. The Labute approximate surface area is 149 Å². The zero-order chi connectivity index (χ0) is 17.4. The Morgan fingerprint density at radius 2 is 2.04 bits per heavy atom. The average molecular weight is 352 g/mol. The van der Waals surface area contributed by atoms with Gasteiger partial charge >= 0.3 is 0 Å². The number of guanidine groups is 1. The van der Waals surface area contributed by atoms with Crippen molar-refractivity contribution >= 4 is 17.7 Å². The predicted molar refractivity (Wildman–Crippen MR) is 102 cm³/mol.